The van der Waals surface area contributed by atoms with Gasteiger partial charge in [0, 0.05) is 30.5 Å². The second-order valence-electron chi connectivity index (χ2n) is 7.18. The fourth-order valence-corrected chi connectivity index (χ4v) is 4.21. The predicted molar refractivity (Wildman–Crippen MR) is 119 cm³/mol. The summed E-state index contributed by atoms with van der Waals surface area (Å²) >= 11 is 6.83. The van der Waals surface area contributed by atoms with Crippen LogP contribution in [0.5, 0.6) is 0 Å². The van der Waals surface area contributed by atoms with Crippen molar-refractivity contribution in [1.82, 2.24) is 15.2 Å². The van der Waals surface area contributed by atoms with Gasteiger partial charge >= 0.3 is 0 Å². The van der Waals surface area contributed by atoms with Crippen molar-refractivity contribution in [2.24, 2.45) is 5.92 Å². The minimum absolute atomic E-state index is 0.0748. The molecule has 0 saturated carbocycles. The first-order valence-electron chi connectivity index (χ1n) is 9.55. The van der Waals surface area contributed by atoms with Crippen LogP contribution in [0.3, 0.4) is 0 Å². The molecule has 6 nitrogen and oxygen atoms in total. The summed E-state index contributed by atoms with van der Waals surface area (Å²) in [5.74, 6) is -0.778. The molecule has 1 atom stereocenters. The van der Waals surface area contributed by atoms with Crippen molar-refractivity contribution in [3.05, 3.63) is 69.8 Å². The van der Waals surface area contributed by atoms with E-state index in [9.17, 15) is 14.4 Å². The number of imide groups is 1. The van der Waals surface area contributed by atoms with E-state index in [1.165, 1.54) is 0 Å². The van der Waals surface area contributed by atoms with Gasteiger partial charge in [-0.25, -0.2) is 0 Å². The van der Waals surface area contributed by atoms with E-state index in [1.807, 2.05) is 32.0 Å². The number of thioether (sulfide) groups is 1. The van der Waals surface area contributed by atoms with E-state index < -0.39 is 0 Å². The number of hydrogen-bond acceptors (Lipinski definition) is 5. The number of halogens is 1. The molecule has 8 heteroatoms. The van der Waals surface area contributed by atoms with Crippen LogP contribution in [0.25, 0.3) is 6.08 Å². The van der Waals surface area contributed by atoms with Gasteiger partial charge in [0.15, 0.2) is 0 Å². The van der Waals surface area contributed by atoms with E-state index in [1.54, 1.807) is 36.7 Å². The third kappa shape index (κ3) is 5.29. The molecule has 1 N–H and O–H groups in total. The number of benzene rings is 1. The molecule has 0 radical (unpaired) electrons. The molecule has 1 fully saturated rings. The zero-order chi connectivity index (χ0) is 21.7. The summed E-state index contributed by atoms with van der Waals surface area (Å²) in [4.78, 5) is 43.1. The minimum atomic E-state index is -0.360. The lowest BCUT2D eigenvalue weighted by molar-refractivity contribution is -0.125. The third-order valence-electron chi connectivity index (χ3n) is 4.67. The average molecular weight is 444 g/mol. The molecule has 3 amide bonds. The van der Waals surface area contributed by atoms with Gasteiger partial charge < -0.3 is 5.32 Å². The topological polar surface area (TPSA) is 79.4 Å². The van der Waals surface area contributed by atoms with Crippen LogP contribution in [-0.4, -0.2) is 40.0 Å². The summed E-state index contributed by atoms with van der Waals surface area (Å²) in [6.45, 7) is 4.25. The fraction of sp³-hybridized carbons (Fsp3) is 0.273. The Kier molecular flexibility index (Phi) is 7.29. The number of nitrogens with one attached hydrogen (secondary N) is 1. The summed E-state index contributed by atoms with van der Waals surface area (Å²) in [5.41, 5.74) is 1.62. The zero-order valence-corrected chi connectivity index (χ0v) is 18.2. The maximum absolute atomic E-state index is 12.8. The molecule has 0 aliphatic carbocycles. The maximum atomic E-state index is 12.8. The standard InChI is InChI=1S/C22H22ClN3O3S/c1-14(2)19(16-5-7-17(23)8-6-16)20(27)25-10-11-26-21(28)18(30-22(26)29)12-15-4-3-9-24-13-15/h3-9,12-14,19H,10-11H2,1-2H3,(H,25,27). The Morgan fingerprint density at radius 2 is 1.97 bits per heavy atom. The number of aromatic nitrogens is 1. The van der Waals surface area contributed by atoms with Crippen LogP contribution in [0.15, 0.2) is 53.7 Å². The Balaban J connectivity index is 1.60. The summed E-state index contributed by atoms with van der Waals surface area (Å²) < 4.78 is 0. The van der Waals surface area contributed by atoms with Gasteiger partial charge in [-0.3, -0.25) is 24.3 Å². The lowest BCUT2D eigenvalue weighted by Gasteiger charge is -2.21. The summed E-state index contributed by atoms with van der Waals surface area (Å²) in [6, 6.07) is 10.8. The van der Waals surface area contributed by atoms with Gasteiger partial charge in [0.2, 0.25) is 5.91 Å². The number of pyridine rings is 1. The predicted octanol–water partition coefficient (Wildman–Crippen LogP) is 4.33. The van der Waals surface area contributed by atoms with Crippen molar-refractivity contribution >= 4 is 46.5 Å². The zero-order valence-electron chi connectivity index (χ0n) is 16.7. The fourth-order valence-electron chi connectivity index (χ4n) is 3.22. The Labute approximate surface area is 184 Å². The molecule has 0 spiro atoms. The largest absolute Gasteiger partial charge is 0.354 e. The average Bonchev–Trinajstić information content (AvgIpc) is 2.97. The van der Waals surface area contributed by atoms with E-state index in [2.05, 4.69) is 10.3 Å². The molecule has 2 aromatic rings. The summed E-state index contributed by atoms with van der Waals surface area (Å²) in [6.07, 6.45) is 4.91. The van der Waals surface area contributed by atoms with Crippen LogP contribution in [0.2, 0.25) is 5.02 Å². The Bertz CT molecular complexity index is 961. The second kappa shape index (κ2) is 9.91. The lowest BCUT2D eigenvalue weighted by Crippen LogP contribution is -2.39. The van der Waals surface area contributed by atoms with Gasteiger partial charge in [-0.05, 0) is 53.1 Å². The molecule has 1 aromatic heterocycles. The van der Waals surface area contributed by atoms with Gasteiger partial charge in [-0.2, -0.15) is 0 Å². The number of amides is 3. The van der Waals surface area contributed by atoms with Gasteiger partial charge in [-0.15, -0.1) is 0 Å². The van der Waals surface area contributed by atoms with Crippen LogP contribution >= 0.6 is 23.4 Å². The highest BCUT2D eigenvalue weighted by Gasteiger charge is 2.35. The lowest BCUT2D eigenvalue weighted by atomic mass is 9.87. The molecular formula is C22H22ClN3O3S. The molecule has 1 aromatic carbocycles. The highest BCUT2D eigenvalue weighted by atomic mass is 35.5. The van der Waals surface area contributed by atoms with E-state index >= 15 is 0 Å². The maximum Gasteiger partial charge on any atom is 0.293 e. The molecular weight excluding hydrogens is 422 g/mol. The van der Waals surface area contributed by atoms with Crippen LogP contribution in [0.4, 0.5) is 4.79 Å². The Hall–Kier alpha value is -2.64. The van der Waals surface area contributed by atoms with Gasteiger partial charge in [0.05, 0.1) is 10.8 Å². The van der Waals surface area contributed by atoms with Crippen molar-refractivity contribution in [1.29, 1.82) is 0 Å². The monoisotopic (exact) mass is 443 g/mol. The molecule has 0 bridgehead atoms. The molecule has 1 unspecified atom stereocenters. The number of nitrogens with zero attached hydrogens (tertiary/aromatic N) is 2. The van der Waals surface area contributed by atoms with E-state index in [-0.39, 0.29) is 42.0 Å². The molecule has 2 heterocycles. The Morgan fingerprint density at radius 1 is 1.23 bits per heavy atom. The number of carbonyl (C=O) groups is 3. The minimum Gasteiger partial charge on any atom is -0.354 e. The summed E-state index contributed by atoms with van der Waals surface area (Å²) in [5, 5.41) is 3.12. The first-order valence-corrected chi connectivity index (χ1v) is 10.7. The first kappa shape index (κ1) is 22.1. The quantitative estimate of drug-likeness (QED) is 0.644. The highest BCUT2D eigenvalue weighted by Crippen LogP contribution is 2.32. The van der Waals surface area contributed by atoms with Crippen molar-refractivity contribution in [3.8, 4) is 0 Å². The number of carbonyl (C=O) groups excluding carboxylic acids is 3. The molecule has 1 aliphatic rings. The molecule has 3 rings (SSSR count). The first-order chi connectivity index (χ1) is 14.4. The molecule has 30 heavy (non-hydrogen) atoms. The van der Waals surface area contributed by atoms with E-state index in [0.29, 0.717) is 9.93 Å². The van der Waals surface area contributed by atoms with Crippen LogP contribution in [0, 0.1) is 5.92 Å². The number of hydrogen-bond donors (Lipinski definition) is 1. The number of rotatable bonds is 7. The van der Waals surface area contributed by atoms with Gasteiger partial charge in [-0.1, -0.05) is 43.6 Å². The van der Waals surface area contributed by atoms with Crippen molar-refractivity contribution < 1.29 is 14.4 Å². The Morgan fingerprint density at radius 3 is 2.60 bits per heavy atom. The van der Waals surface area contributed by atoms with Crippen molar-refractivity contribution in [2.45, 2.75) is 19.8 Å². The molecule has 1 aliphatic heterocycles. The van der Waals surface area contributed by atoms with Crippen LogP contribution < -0.4 is 5.32 Å². The van der Waals surface area contributed by atoms with E-state index in [0.717, 1.165) is 27.8 Å². The van der Waals surface area contributed by atoms with Gasteiger partial charge in [0.1, 0.15) is 0 Å². The van der Waals surface area contributed by atoms with E-state index in [4.69, 9.17) is 11.6 Å². The molecule has 156 valence electrons. The normalized spacial score (nSPS) is 16.4. The molecule has 1 saturated heterocycles. The van der Waals surface area contributed by atoms with Crippen LogP contribution in [0.1, 0.15) is 30.9 Å². The second-order valence-corrected chi connectivity index (χ2v) is 8.61. The third-order valence-corrected chi connectivity index (χ3v) is 5.83. The smallest absolute Gasteiger partial charge is 0.293 e. The van der Waals surface area contributed by atoms with Crippen LogP contribution in [-0.2, 0) is 9.59 Å². The summed E-state index contributed by atoms with van der Waals surface area (Å²) in [7, 11) is 0. The van der Waals surface area contributed by atoms with Crippen molar-refractivity contribution in [3.63, 3.8) is 0 Å². The van der Waals surface area contributed by atoms with Crippen molar-refractivity contribution in [2.75, 3.05) is 13.1 Å². The SMILES string of the molecule is CC(C)C(C(=O)NCCN1C(=O)SC(=Cc2cccnc2)C1=O)c1ccc(Cl)cc1. The highest BCUT2D eigenvalue weighted by molar-refractivity contribution is 8.18. The van der Waals surface area contributed by atoms with Gasteiger partial charge in [0.25, 0.3) is 11.1 Å².